The van der Waals surface area contributed by atoms with Gasteiger partial charge in [-0.05, 0) is 159 Å². The number of nitrogens with one attached hydrogen (secondary N) is 7. The number of unbranched alkanes of at least 4 members (excludes halogenated alkanes) is 1. The summed E-state index contributed by atoms with van der Waals surface area (Å²) in [5, 5.41) is 36.9. The maximum absolute atomic E-state index is 12.9. The van der Waals surface area contributed by atoms with Crippen LogP contribution in [0.5, 0.6) is 0 Å². The number of aromatic amines is 1. The van der Waals surface area contributed by atoms with Crippen LogP contribution in [0, 0.1) is 46.3 Å². The highest BCUT2D eigenvalue weighted by Gasteiger charge is 2.59. The molecule has 4 aliphatic rings. The van der Waals surface area contributed by atoms with Crippen LogP contribution in [-0.4, -0.2) is 118 Å². The molecule has 24 nitrogen and oxygen atoms in total. The molecule has 0 aliphatic heterocycles. The van der Waals surface area contributed by atoms with Crippen LogP contribution in [0.3, 0.4) is 0 Å². The molecule has 3 fully saturated rings. The summed E-state index contributed by atoms with van der Waals surface area (Å²) < 4.78 is 14.3. The fourth-order valence-corrected chi connectivity index (χ4v) is 15.7. The van der Waals surface area contributed by atoms with E-state index < -0.39 is 60.0 Å². The normalized spacial score (nSPS) is 23.3. The number of carbonyl (C=O) groups excluding carboxylic acids is 6. The number of carbonyl (C=O) groups is 6. The van der Waals surface area contributed by atoms with Gasteiger partial charge in [0.1, 0.15) is 12.7 Å². The Hall–Kier alpha value is -6.67. The van der Waals surface area contributed by atoms with Crippen LogP contribution in [0.25, 0.3) is 11.2 Å². The third-order valence-electron chi connectivity index (χ3n) is 18.6. The van der Waals surface area contributed by atoms with Crippen molar-refractivity contribution in [2.24, 2.45) is 57.1 Å². The number of nitrogens with zero attached hydrogens (tertiary/aromatic N) is 4. The smallest absolute Gasteiger partial charge is 0.407 e. The summed E-state index contributed by atoms with van der Waals surface area (Å²) in [5.41, 5.74) is 14.6. The Kier molecular flexibility index (Phi) is 26.0. The monoisotopic (exact) mass is 1260 g/mol. The molecule has 10 unspecified atom stereocenters. The number of anilines is 2. The molecule has 2 heterocycles. The topological polar surface area (TPSA) is 375 Å². The van der Waals surface area contributed by atoms with Gasteiger partial charge < -0.3 is 67.3 Å². The van der Waals surface area contributed by atoms with Crippen molar-refractivity contribution in [3.63, 3.8) is 0 Å². The number of aliphatic carboxylic acids is 2. The molecule has 3 saturated carbocycles. The molecule has 4 amide bonds. The average molecular weight is 1260 g/mol. The molecule has 2 aromatic heterocycles. The van der Waals surface area contributed by atoms with Crippen molar-refractivity contribution in [2.75, 3.05) is 49.6 Å². The zero-order chi connectivity index (χ0) is 63.4. The quantitative estimate of drug-likeness (QED) is 0.00848. The van der Waals surface area contributed by atoms with Gasteiger partial charge in [0.25, 0.3) is 11.5 Å². The van der Waals surface area contributed by atoms with Gasteiger partial charge >= 0.3 is 12.2 Å². The molecule has 11 N–H and O–H groups in total. The van der Waals surface area contributed by atoms with Gasteiger partial charge in [0.15, 0.2) is 11.2 Å². The number of allylic oxidation sites excluding steroid dienone is 1. The number of aromatic nitrogens is 4. The number of hydrogen-bond acceptors (Lipinski definition) is 20. The molecule has 3 aromatic rings. The Morgan fingerprint density at radius 2 is 1.60 bits per heavy atom. The van der Waals surface area contributed by atoms with E-state index >= 15 is 0 Å². The van der Waals surface area contributed by atoms with Gasteiger partial charge in [-0.3, -0.25) is 29.1 Å². The van der Waals surface area contributed by atoms with E-state index in [2.05, 4.69) is 96.9 Å². The van der Waals surface area contributed by atoms with Crippen LogP contribution >= 0.6 is 21.8 Å². The summed E-state index contributed by atoms with van der Waals surface area (Å²) in [5.74, 6) is 1.30. The fourth-order valence-electron chi connectivity index (χ4n) is 14.0. The highest BCUT2D eigenvalue weighted by molar-refractivity contribution is 8.76. The summed E-state index contributed by atoms with van der Waals surface area (Å²) in [4.78, 5) is 106. The predicted octanol–water partition coefficient (Wildman–Crippen LogP) is 5.83. The molecular formula is C62H91N13O11S2-2. The van der Waals surface area contributed by atoms with E-state index in [4.69, 9.17) is 20.9 Å². The number of hydrogen-bond donors (Lipinski definition) is 9. The van der Waals surface area contributed by atoms with Gasteiger partial charge in [-0.25, -0.2) is 19.6 Å². The minimum absolute atomic E-state index is 0.0174. The number of benzene rings is 1. The Balaban J connectivity index is 0.666. The van der Waals surface area contributed by atoms with Crippen molar-refractivity contribution < 1.29 is 48.5 Å². The van der Waals surface area contributed by atoms with Crippen LogP contribution in [0.4, 0.5) is 21.2 Å². The maximum atomic E-state index is 12.9. The first kappa shape index (κ1) is 68.8. The molecule has 4 aliphatic carbocycles. The lowest BCUT2D eigenvalue weighted by Crippen LogP contribution is -2.51. The van der Waals surface area contributed by atoms with Gasteiger partial charge in [0, 0.05) is 55.9 Å². The van der Waals surface area contributed by atoms with Crippen molar-refractivity contribution in [1.29, 1.82) is 0 Å². The van der Waals surface area contributed by atoms with E-state index in [-0.39, 0.29) is 73.2 Å². The van der Waals surface area contributed by atoms with E-state index in [9.17, 15) is 43.8 Å². The number of carboxylic acids is 2. The molecule has 7 rings (SSSR count). The number of amidine groups is 1. The lowest BCUT2D eigenvalue weighted by molar-refractivity contribution is -0.309. The first-order chi connectivity index (χ1) is 42.1. The predicted molar refractivity (Wildman–Crippen MR) is 337 cm³/mol. The van der Waals surface area contributed by atoms with E-state index in [1.54, 1.807) is 22.9 Å². The number of nitrogen functional groups attached to an aromatic ring is 1. The Bertz CT molecular complexity index is 2990. The third kappa shape index (κ3) is 19.7. The summed E-state index contributed by atoms with van der Waals surface area (Å²) in [7, 11) is 3.01. The minimum atomic E-state index is -1.64. The van der Waals surface area contributed by atoms with Gasteiger partial charge in [-0.1, -0.05) is 76.3 Å². The number of ether oxygens (including phenoxy) is 2. The Morgan fingerprint density at radius 3 is 2.36 bits per heavy atom. The molecule has 1 aromatic carbocycles. The molecule has 484 valence electrons. The number of carboxylic acid groups (broad SMARTS) is 2. The van der Waals surface area contributed by atoms with Crippen molar-refractivity contribution in [3.05, 3.63) is 63.7 Å². The van der Waals surface area contributed by atoms with Gasteiger partial charge in [0.05, 0.1) is 54.8 Å². The van der Waals surface area contributed by atoms with E-state index in [1.165, 1.54) is 86.2 Å². The van der Waals surface area contributed by atoms with Gasteiger partial charge in [-0.2, -0.15) is 4.98 Å². The second kappa shape index (κ2) is 33.2. The number of rotatable bonds is 34. The highest BCUT2D eigenvalue weighted by atomic mass is 33.1. The van der Waals surface area contributed by atoms with E-state index in [0.717, 1.165) is 66.9 Å². The molecule has 0 bridgehead atoms. The summed E-state index contributed by atoms with van der Waals surface area (Å²) >= 11 is 0. The molecular weight excluding hydrogens is 1170 g/mol. The van der Waals surface area contributed by atoms with Crippen molar-refractivity contribution in [2.45, 2.75) is 175 Å². The summed E-state index contributed by atoms with van der Waals surface area (Å²) in [6, 6.07) is 3.06. The van der Waals surface area contributed by atoms with Gasteiger partial charge in [-0.15, -0.1) is 0 Å². The first-order valence-corrected chi connectivity index (χ1v) is 33.7. The fraction of sp³-hybridized carbons (Fsp3) is 0.661. The zero-order valence-corrected chi connectivity index (χ0v) is 53.2. The second-order valence-electron chi connectivity index (χ2n) is 25.1. The third-order valence-corrected chi connectivity index (χ3v) is 20.7. The number of H-pyrrole nitrogens is 1. The summed E-state index contributed by atoms with van der Waals surface area (Å²) in [6.07, 6.45) is 17.6. The minimum Gasteiger partial charge on any atom is -0.548 e. The van der Waals surface area contributed by atoms with Crippen LogP contribution in [0.1, 0.15) is 166 Å². The molecule has 88 heavy (non-hydrogen) atoms. The average Bonchev–Trinajstić information content (AvgIpc) is 1.42. The van der Waals surface area contributed by atoms with Crippen LogP contribution < -0.4 is 58.5 Å². The van der Waals surface area contributed by atoms with Crippen LogP contribution in [-0.2, 0) is 30.4 Å². The van der Waals surface area contributed by atoms with Crippen molar-refractivity contribution >= 4 is 86.3 Å². The molecule has 10 atom stereocenters. The van der Waals surface area contributed by atoms with E-state index in [0.29, 0.717) is 55.1 Å². The maximum Gasteiger partial charge on any atom is 0.407 e. The largest absolute Gasteiger partial charge is 0.548 e. The Morgan fingerprint density at radius 1 is 0.841 bits per heavy atom. The van der Waals surface area contributed by atoms with Crippen LogP contribution in [0.15, 0.2) is 51.9 Å². The van der Waals surface area contributed by atoms with Crippen molar-refractivity contribution in [1.82, 2.24) is 45.9 Å². The molecule has 0 spiro atoms. The van der Waals surface area contributed by atoms with E-state index in [1.807, 2.05) is 0 Å². The highest BCUT2D eigenvalue weighted by Crippen LogP contribution is 2.67. The van der Waals surface area contributed by atoms with Gasteiger partial charge in [0.2, 0.25) is 11.9 Å². The molecule has 0 radical (unpaired) electrons. The second-order valence-corrected chi connectivity index (χ2v) is 27.4. The SMILES string of the molecule is CC(C)CCCC(C)C1CCC2C3CC=C4CC(OC(=O)NCCN=C(N)CCCSSNCCOC(=O)NCCCCC(NC(=O)CCC(NC(=O)c5ccc(NCc6cnc7nc(N)[nH]c(=O)c7n6)cc5)C(=O)[O-])C(=O)[O-])CCC4(C)C3CCC12C. The lowest BCUT2D eigenvalue weighted by Gasteiger charge is -2.58. The zero-order valence-electron chi connectivity index (χ0n) is 51.6. The number of fused-ring (bicyclic) bond motifs is 6. The van der Waals surface area contributed by atoms with Crippen molar-refractivity contribution in [3.8, 4) is 0 Å². The number of amides is 4. The standard InChI is InChI=1S/C62H93N13O11S2/c1-37(2)10-8-11-38(3)45-20-21-46-44-19-16-40-34-43(24-26-61(40,4)47(44)25-27-62(45,46)5)86-60(84)67-30-29-65-50(63)13-9-33-87-88-70-31-32-85-59(83)66-28-7-6-12-48(56(79)80)72-51(76)23-22-49(57(81)82)73-54(77)39-14-17-41(18-15-39)68-35-42-36-69-53-52(71-42)55(78)75-58(64)74-53/h14-18,36-38,43-49,68,70H,6-13,19-35H2,1-5H3,(H2,63,65)(H,66,83)(H,67,84)(H,72,76)(H,73,77)(H,79,80)(H,81,82)(H3,64,69,74,75,78)/p-2. The first-order valence-electron chi connectivity index (χ1n) is 31.4. The lowest BCUT2D eigenvalue weighted by atomic mass is 9.47. The molecule has 26 heteroatoms. The summed E-state index contributed by atoms with van der Waals surface area (Å²) in [6.45, 7) is 14.0. The number of nitrogens with two attached hydrogens (primary N) is 2. The molecule has 0 saturated heterocycles. The number of aliphatic imine (C=N–C) groups is 1. The number of alkyl carbamates (subject to hydrolysis) is 2. The Labute approximate surface area is 523 Å². The van der Waals surface area contributed by atoms with Crippen LogP contribution in [0.2, 0.25) is 0 Å².